The number of aryl methyl sites for hydroxylation is 1. The average molecular weight is 473 g/mol. The molecule has 2 fully saturated rings. The molecule has 3 heterocycles. The third kappa shape index (κ3) is 4.67. The molecule has 3 aliphatic rings. The Morgan fingerprint density at radius 3 is 2.60 bits per heavy atom. The molecule has 2 atom stereocenters. The molecule has 3 aromatic rings. The zero-order chi connectivity index (χ0) is 23.8. The highest BCUT2D eigenvalue weighted by molar-refractivity contribution is 5.74. The van der Waals surface area contributed by atoms with Gasteiger partial charge in [0.25, 0.3) is 0 Å². The fraction of sp³-hybridized carbons (Fsp3) is 0.481. The minimum atomic E-state index is 0.138. The molecule has 2 aliphatic carbocycles. The number of phenols is 1. The Bertz CT molecular complexity index is 1200. The van der Waals surface area contributed by atoms with Crippen LogP contribution in [0.4, 0.5) is 5.95 Å². The van der Waals surface area contributed by atoms with Crippen molar-refractivity contribution in [1.82, 2.24) is 20.2 Å². The largest absolute Gasteiger partial charge is 0.507 e. The molecule has 2 saturated carbocycles. The van der Waals surface area contributed by atoms with E-state index in [1.807, 2.05) is 24.4 Å². The molecule has 0 spiro atoms. The molecule has 35 heavy (non-hydrogen) atoms. The van der Waals surface area contributed by atoms with Gasteiger partial charge in [0, 0.05) is 35.4 Å². The van der Waals surface area contributed by atoms with Crippen LogP contribution in [0.3, 0.4) is 0 Å². The van der Waals surface area contributed by atoms with E-state index in [9.17, 15) is 5.11 Å². The first-order valence-corrected chi connectivity index (χ1v) is 12.8. The van der Waals surface area contributed by atoms with E-state index in [1.165, 1.54) is 25.7 Å². The van der Waals surface area contributed by atoms with Gasteiger partial charge in [-0.2, -0.15) is 0 Å². The third-order valence-corrected chi connectivity index (χ3v) is 7.40. The quantitative estimate of drug-likeness (QED) is 0.530. The molecule has 2 aromatic heterocycles. The lowest BCUT2D eigenvalue weighted by molar-refractivity contribution is 0.285. The van der Waals surface area contributed by atoms with Crippen LogP contribution in [0.25, 0.3) is 22.4 Å². The summed E-state index contributed by atoms with van der Waals surface area (Å²) in [7, 11) is 0. The monoisotopic (exact) mass is 472 g/mol. The molecular formula is C27H32N6O2. The number of rotatable bonds is 5. The van der Waals surface area contributed by atoms with Gasteiger partial charge in [0.1, 0.15) is 17.2 Å². The fourth-order valence-corrected chi connectivity index (χ4v) is 5.41. The average Bonchev–Trinajstić information content (AvgIpc) is 3.73. The molecule has 0 radical (unpaired) electrons. The van der Waals surface area contributed by atoms with Gasteiger partial charge in [-0.1, -0.05) is 18.9 Å². The molecule has 8 heteroatoms. The number of nitrogens with two attached hydrogens (primary N) is 1. The zero-order valence-corrected chi connectivity index (χ0v) is 19.9. The molecule has 1 aliphatic heterocycles. The number of nitrogens with zero attached hydrogens (tertiary/aromatic N) is 5. The minimum Gasteiger partial charge on any atom is -0.507 e. The summed E-state index contributed by atoms with van der Waals surface area (Å²) in [5.41, 5.74) is 10.3. The molecule has 182 valence electrons. The smallest absolute Gasteiger partial charge is 0.245 e. The molecule has 6 rings (SSSR count). The van der Waals surface area contributed by atoms with Gasteiger partial charge in [0.05, 0.1) is 18.5 Å². The van der Waals surface area contributed by atoms with Gasteiger partial charge >= 0.3 is 0 Å². The lowest BCUT2D eigenvalue weighted by Gasteiger charge is -2.32. The van der Waals surface area contributed by atoms with Crippen molar-refractivity contribution < 1.29 is 9.84 Å². The number of aromatic nitrogens is 4. The highest BCUT2D eigenvalue weighted by atomic mass is 16.5. The second-order valence-electron chi connectivity index (χ2n) is 10.1. The Kier molecular flexibility index (Phi) is 5.98. The van der Waals surface area contributed by atoms with Gasteiger partial charge in [-0.15, -0.1) is 10.2 Å². The normalized spacial score (nSPS) is 22.1. The topological polar surface area (TPSA) is 110 Å². The van der Waals surface area contributed by atoms with Crippen LogP contribution in [-0.4, -0.2) is 50.0 Å². The molecule has 3 N–H and O–H groups in total. The molecule has 0 amide bonds. The molecule has 8 nitrogen and oxygen atoms in total. The zero-order valence-electron chi connectivity index (χ0n) is 19.9. The van der Waals surface area contributed by atoms with E-state index in [1.54, 1.807) is 12.3 Å². The summed E-state index contributed by atoms with van der Waals surface area (Å²) in [6.07, 6.45) is 13.4. The van der Waals surface area contributed by atoms with Gasteiger partial charge in [0.15, 0.2) is 0 Å². The van der Waals surface area contributed by atoms with Crippen molar-refractivity contribution in [2.75, 3.05) is 11.5 Å². The van der Waals surface area contributed by atoms with Crippen LogP contribution in [0.1, 0.15) is 57.1 Å². The first kappa shape index (κ1) is 22.2. The van der Waals surface area contributed by atoms with Crippen LogP contribution in [0.15, 0.2) is 36.7 Å². The Balaban J connectivity index is 1.24. The van der Waals surface area contributed by atoms with Crippen LogP contribution >= 0.6 is 0 Å². The van der Waals surface area contributed by atoms with Crippen molar-refractivity contribution in [1.29, 1.82) is 0 Å². The number of aromatic hydroxyl groups is 1. The lowest BCUT2D eigenvalue weighted by atomic mass is 10.0. The second kappa shape index (κ2) is 9.41. The Hall–Kier alpha value is -3.26. The van der Waals surface area contributed by atoms with E-state index >= 15 is 0 Å². The van der Waals surface area contributed by atoms with Gasteiger partial charge in [-0.3, -0.25) is 4.98 Å². The van der Waals surface area contributed by atoms with Gasteiger partial charge < -0.3 is 20.5 Å². The predicted molar refractivity (Wildman–Crippen MR) is 134 cm³/mol. The van der Waals surface area contributed by atoms with Crippen LogP contribution < -0.4 is 15.4 Å². The number of benzene rings is 1. The lowest BCUT2D eigenvalue weighted by Crippen LogP contribution is -2.41. The molecule has 0 unspecified atom stereocenters. The first-order valence-electron chi connectivity index (χ1n) is 12.8. The number of hydrogen-bond acceptors (Lipinski definition) is 8. The van der Waals surface area contributed by atoms with Crippen LogP contribution in [0, 0.1) is 0 Å². The SMILES string of the molecule is N[C@H]1CCCC[C@H](N(c2ncc(-c3ccc(-c4cnc5c(c4)OCCC5)cc3O)nn2)C2CC2)C1. The maximum absolute atomic E-state index is 10.8. The molecule has 0 saturated heterocycles. The van der Waals surface area contributed by atoms with E-state index in [2.05, 4.69) is 20.1 Å². The molecule has 0 bridgehead atoms. The van der Waals surface area contributed by atoms with E-state index in [0.29, 0.717) is 29.3 Å². The summed E-state index contributed by atoms with van der Waals surface area (Å²) in [4.78, 5) is 11.6. The predicted octanol–water partition coefficient (Wildman–Crippen LogP) is 4.26. The van der Waals surface area contributed by atoms with E-state index in [-0.39, 0.29) is 11.8 Å². The number of ether oxygens (including phenoxy) is 1. The van der Waals surface area contributed by atoms with Crippen molar-refractivity contribution in [3.05, 3.63) is 42.4 Å². The highest BCUT2D eigenvalue weighted by Crippen LogP contribution is 2.37. The van der Waals surface area contributed by atoms with Crippen LogP contribution in [0.2, 0.25) is 0 Å². The van der Waals surface area contributed by atoms with Crippen LogP contribution in [-0.2, 0) is 6.42 Å². The molecule has 1 aromatic carbocycles. The Morgan fingerprint density at radius 2 is 1.80 bits per heavy atom. The highest BCUT2D eigenvalue weighted by Gasteiger charge is 2.37. The summed E-state index contributed by atoms with van der Waals surface area (Å²) in [6.45, 7) is 0.718. The summed E-state index contributed by atoms with van der Waals surface area (Å²) in [6, 6.07) is 8.65. The van der Waals surface area contributed by atoms with E-state index in [4.69, 9.17) is 15.5 Å². The second-order valence-corrected chi connectivity index (χ2v) is 10.1. The maximum atomic E-state index is 10.8. The molecular weight excluding hydrogens is 440 g/mol. The van der Waals surface area contributed by atoms with Crippen molar-refractivity contribution >= 4 is 5.95 Å². The number of phenolic OH excluding ortho intramolecular Hbond substituents is 1. The number of fused-ring (bicyclic) bond motifs is 1. The number of anilines is 1. The standard InChI is InChI=1S/C27H32N6O2/c28-19-4-1-2-5-21(14-19)33(20-8-9-20)27-30-16-24(31-32-27)22-10-7-17(12-25(22)34)18-13-26-23(29-15-18)6-3-11-35-26/h7,10,12-13,15-16,19-21,34H,1-6,8-9,11,14,28H2/t19-,21-/m0/s1. The summed E-state index contributed by atoms with van der Waals surface area (Å²) in [5.74, 6) is 1.64. The first-order chi connectivity index (χ1) is 17.2. The van der Waals surface area contributed by atoms with Crippen molar-refractivity contribution in [3.8, 4) is 33.9 Å². The van der Waals surface area contributed by atoms with Gasteiger partial charge in [0.2, 0.25) is 5.95 Å². The van der Waals surface area contributed by atoms with Gasteiger partial charge in [-0.05, 0) is 68.7 Å². The summed E-state index contributed by atoms with van der Waals surface area (Å²) in [5, 5.41) is 19.8. The summed E-state index contributed by atoms with van der Waals surface area (Å²) >= 11 is 0. The summed E-state index contributed by atoms with van der Waals surface area (Å²) < 4.78 is 5.75. The maximum Gasteiger partial charge on any atom is 0.245 e. The number of hydrogen-bond donors (Lipinski definition) is 2. The minimum absolute atomic E-state index is 0.138. The van der Waals surface area contributed by atoms with Crippen molar-refractivity contribution in [2.45, 2.75) is 75.9 Å². The van der Waals surface area contributed by atoms with Crippen molar-refractivity contribution in [3.63, 3.8) is 0 Å². The van der Waals surface area contributed by atoms with Crippen molar-refractivity contribution in [2.24, 2.45) is 5.73 Å². The van der Waals surface area contributed by atoms with Gasteiger partial charge in [-0.25, -0.2) is 4.98 Å². The fourth-order valence-electron chi connectivity index (χ4n) is 5.41. The van der Waals surface area contributed by atoms with E-state index < -0.39 is 0 Å². The third-order valence-electron chi connectivity index (χ3n) is 7.40. The Morgan fingerprint density at radius 1 is 0.914 bits per heavy atom. The van der Waals surface area contributed by atoms with E-state index in [0.717, 1.165) is 61.3 Å². The number of pyridine rings is 1. The van der Waals surface area contributed by atoms with Crippen LogP contribution in [0.5, 0.6) is 11.5 Å². The Labute approximate surface area is 205 Å².